The Hall–Kier alpha value is -1.81. The van der Waals surface area contributed by atoms with E-state index in [1.165, 1.54) is 0 Å². The van der Waals surface area contributed by atoms with Gasteiger partial charge >= 0.3 is 0 Å². The number of nitrogens with two attached hydrogens (primary N) is 1. The highest BCUT2D eigenvalue weighted by atomic mass is 32.1. The maximum absolute atomic E-state index is 5.94. The normalized spacial score (nSPS) is 13.9. The van der Waals surface area contributed by atoms with E-state index in [4.69, 9.17) is 18.0 Å². The molecule has 2 aromatic heterocycles. The first-order valence-electron chi connectivity index (χ1n) is 5.70. The van der Waals surface area contributed by atoms with E-state index in [2.05, 4.69) is 9.97 Å². The number of aryl methyl sites for hydroxylation is 1. The molecule has 4 heteroatoms. The van der Waals surface area contributed by atoms with Gasteiger partial charge in [-0.2, -0.15) is 0 Å². The summed E-state index contributed by atoms with van der Waals surface area (Å²) < 4.78 is 0. The number of hydrogen-bond acceptors (Lipinski definition) is 3. The molecule has 0 saturated carbocycles. The lowest BCUT2D eigenvalue weighted by molar-refractivity contribution is 0.709. The molecule has 0 amide bonds. The van der Waals surface area contributed by atoms with Crippen LogP contribution in [0.1, 0.15) is 24.0 Å². The summed E-state index contributed by atoms with van der Waals surface area (Å²) in [6.45, 7) is 3.90. The molecule has 0 aliphatic rings. The highest BCUT2D eigenvalue weighted by Crippen LogP contribution is 2.29. The Balaban J connectivity index is 2.62. The third-order valence-corrected chi connectivity index (χ3v) is 3.48. The quantitative estimate of drug-likeness (QED) is 0.858. The molecule has 0 fully saturated rings. The van der Waals surface area contributed by atoms with E-state index in [-0.39, 0.29) is 0 Å². The molecule has 92 valence electrons. The van der Waals surface area contributed by atoms with Crippen molar-refractivity contribution in [2.24, 2.45) is 5.73 Å². The number of rotatable bonds is 3. The zero-order chi connectivity index (χ0) is 13.2. The first-order valence-corrected chi connectivity index (χ1v) is 6.11. The van der Waals surface area contributed by atoms with Gasteiger partial charge in [-0.05, 0) is 38.1 Å². The highest BCUT2D eigenvalue weighted by Gasteiger charge is 2.35. The van der Waals surface area contributed by atoms with Crippen molar-refractivity contribution in [1.29, 1.82) is 0 Å². The zero-order valence-electron chi connectivity index (χ0n) is 10.4. The summed E-state index contributed by atoms with van der Waals surface area (Å²) in [6, 6.07) is 11.5. The van der Waals surface area contributed by atoms with Gasteiger partial charge in [-0.15, -0.1) is 0 Å². The van der Waals surface area contributed by atoms with Crippen LogP contribution in [-0.2, 0) is 5.41 Å². The summed E-state index contributed by atoms with van der Waals surface area (Å²) >= 11 is 5.24. The predicted octanol–water partition coefficient (Wildman–Crippen LogP) is 2.38. The molecular formula is C14H15N3S. The first kappa shape index (κ1) is 12.6. The van der Waals surface area contributed by atoms with Gasteiger partial charge in [0.15, 0.2) is 0 Å². The Morgan fingerprint density at radius 1 is 1.17 bits per heavy atom. The molecule has 3 nitrogen and oxygen atoms in total. The van der Waals surface area contributed by atoms with Crippen molar-refractivity contribution in [1.82, 2.24) is 9.97 Å². The van der Waals surface area contributed by atoms with Gasteiger partial charge in [0.05, 0.1) is 16.4 Å². The molecule has 2 N–H and O–H groups in total. The Bertz CT molecular complexity index is 568. The molecule has 2 rings (SSSR count). The van der Waals surface area contributed by atoms with Crippen LogP contribution in [0.3, 0.4) is 0 Å². The highest BCUT2D eigenvalue weighted by molar-refractivity contribution is 7.80. The summed E-state index contributed by atoms with van der Waals surface area (Å²) in [7, 11) is 0. The van der Waals surface area contributed by atoms with Crippen LogP contribution in [0.2, 0.25) is 0 Å². The molecule has 0 aromatic carbocycles. The maximum atomic E-state index is 5.94. The van der Waals surface area contributed by atoms with Crippen molar-refractivity contribution in [3.8, 4) is 0 Å². The molecule has 0 spiro atoms. The van der Waals surface area contributed by atoms with Gasteiger partial charge in [-0.25, -0.2) is 0 Å². The second-order valence-corrected chi connectivity index (χ2v) is 4.81. The van der Waals surface area contributed by atoms with Crippen molar-refractivity contribution >= 4 is 17.2 Å². The number of thiocarbonyl (C=S) groups is 1. The van der Waals surface area contributed by atoms with Crippen molar-refractivity contribution in [3.63, 3.8) is 0 Å². The zero-order valence-corrected chi connectivity index (χ0v) is 11.2. The van der Waals surface area contributed by atoms with Gasteiger partial charge in [-0.1, -0.05) is 24.4 Å². The molecule has 0 aliphatic heterocycles. The summed E-state index contributed by atoms with van der Waals surface area (Å²) in [5.74, 6) is 0. The standard InChI is InChI=1S/C14H15N3S/c1-10-6-5-8-12(17-10)14(2,13(15)18)11-7-3-4-9-16-11/h3-9H,1-2H3,(H2,15,18). The van der Waals surface area contributed by atoms with Gasteiger partial charge < -0.3 is 5.73 Å². The Kier molecular flexibility index (Phi) is 3.39. The number of nitrogens with zero attached hydrogens (tertiary/aromatic N) is 2. The molecule has 1 atom stereocenters. The Labute approximate surface area is 112 Å². The second-order valence-electron chi connectivity index (χ2n) is 4.37. The molecule has 2 aromatic rings. The molecule has 2 heterocycles. The van der Waals surface area contributed by atoms with E-state index in [9.17, 15) is 0 Å². The minimum Gasteiger partial charge on any atom is -0.392 e. The smallest absolute Gasteiger partial charge is 0.102 e. The van der Waals surface area contributed by atoms with Gasteiger partial charge in [-0.3, -0.25) is 9.97 Å². The topological polar surface area (TPSA) is 51.8 Å². The van der Waals surface area contributed by atoms with Crippen LogP contribution in [0.4, 0.5) is 0 Å². The largest absolute Gasteiger partial charge is 0.392 e. The monoisotopic (exact) mass is 257 g/mol. The van der Waals surface area contributed by atoms with Crippen molar-refractivity contribution in [2.45, 2.75) is 19.3 Å². The van der Waals surface area contributed by atoms with E-state index < -0.39 is 5.41 Å². The summed E-state index contributed by atoms with van der Waals surface area (Å²) in [5.41, 5.74) is 7.88. The molecule has 0 saturated heterocycles. The fourth-order valence-electron chi connectivity index (χ4n) is 1.86. The van der Waals surface area contributed by atoms with Crippen molar-refractivity contribution in [3.05, 3.63) is 59.7 Å². The SMILES string of the molecule is Cc1cccc(C(C)(C(N)=S)c2ccccn2)n1. The number of hydrogen-bond donors (Lipinski definition) is 1. The van der Waals surface area contributed by atoms with Crippen LogP contribution < -0.4 is 5.73 Å². The van der Waals surface area contributed by atoms with Gasteiger partial charge in [0, 0.05) is 11.9 Å². The van der Waals surface area contributed by atoms with Gasteiger partial charge in [0.2, 0.25) is 0 Å². The number of aromatic nitrogens is 2. The predicted molar refractivity (Wildman–Crippen MR) is 76.5 cm³/mol. The average molecular weight is 257 g/mol. The molecule has 1 unspecified atom stereocenters. The fourth-order valence-corrected chi connectivity index (χ4v) is 2.07. The molecular weight excluding hydrogens is 242 g/mol. The maximum Gasteiger partial charge on any atom is 0.102 e. The lowest BCUT2D eigenvalue weighted by Crippen LogP contribution is -2.39. The van der Waals surface area contributed by atoms with Crippen molar-refractivity contribution < 1.29 is 0 Å². The summed E-state index contributed by atoms with van der Waals surface area (Å²) in [4.78, 5) is 9.28. The second kappa shape index (κ2) is 4.82. The van der Waals surface area contributed by atoms with E-state index in [1.807, 2.05) is 50.2 Å². The first-order chi connectivity index (χ1) is 8.55. The van der Waals surface area contributed by atoms with Crippen molar-refractivity contribution in [2.75, 3.05) is 0 Å². The summed E-state index contributed by atoms with van der Waals surface area (Å²) in [5, 5.41) is 0. The third-order valence-electron chi connectivity index (χ3n) is 3.07. The van der Waals surface area contributed by atoms with E-state index >= 15 is 0 Å². The van der Waals surface area contributed by atoms with Crippen LogP contribution in [0.5, 0.6) is 0 Å². The third kappa shape index (κ3) is 2.11. The Morgan fingerprint density at radius 3 is 2.44 bits per heavy atom. The van der Waals surface area contributed by atoms with E-state index in [1.54, 1.807) is 6.20 Å². The lowest BCUT2D eigenvalue weighted by Gasteiger charge is -2.27. The van der Waals surface area contributed by atoms with Crippen LogP contribution in [0.25, 0.3) is 0 Å². The fraction of sp³-hybridized carbons (Fsp3) is 0.214. The minimum atomic E-state index is -0.636. The molecule has 0 radical (unpaired) electrons. The van der Waals surface area contributed by atoms with Crippen LogP contribution in [0, 0.1) is 6.92 Å². The Morgan fingerprint density at radius 2 is 1.89 bits per heavy atom. The van der Waals surface area contributed by atoms with Gasteiger partial charge in [0.1, 0.15) is 5.41 Å². The molecule has 18 heavy (non-hydrogen) atoms. The lowest BCUT2D eigenvalue weighted by atomic mass is 9.82. The number of pyridine rings is 2. The van der Waals surface area contributed by atoms with E-state index in [0.29, 0.717) is 4.99 Å². The van der Waals surface area contributed by atoms with Crippen LogP contribution in [-0.4, -0.2) is 15.0 Å². The summed E-state index contributed by atoms with van der Waals surface area (Å²) in [6.07, 6.45) is 1.74. The average Bonchev–Trinajstić information content (AvgIpc) is 2.38. The van der Waals surface area contributed by atoms with E-state index in [0.717, 1.165) is 17.1 Å². The minimum absolute atomic E-state index is 0.374. The van der Waals surface area contributed by atoms with Crippen LogP contribution >= 0.6 is 12.2 Å². The molecule has 0 aliphatic carbocycles. The van der Waals surface area contributed by atoms with Crippen LogP contribution in [0.15, 0.2) is 42.6 Å². The van der Waals surface area contributed by atoms with Gasteiger partial charge in [0.25, 0.3) is 0 Å². The molecule has 0 bridgehead atoms.